The number of hydrogen-bond acceptors (Lipinski definition) is 3. The van der Waals surface area contributed by atoms with Crippen LogP contribution in [0.25, 0.3) is 10.9 Å². The lowest BCUT2D eigenvalue weighted by molar-refractivity contribution is 0.0706. The van der Waals surface area contributed by atoms with Crippen LogP contribution in [0.1, 0.15) is 60.8 Å². The maximum Gasteiger partial charge on any atom is 0.274 e. The van der Waals surface area contributed by atoms with Gasteiger partial charge in [-0.25, -0.2) is 9.87 Å². The molecule has 0 radical (unpaired) electrons. The van der Waals surface area contributed by atoms with Crippen LogP contribution >= 0.6 is 0 Å². The topological polar surface area (TPSA) is 57.5 Å². The lowest BCUT2D eigenvalue weighted by Gasteiger charge is -2.36. The van der Waals surface area contributed by atoms with E-state index in [1.165, 1.54) is 30.1 Å². The van der Waals surface area contributed by atoms with Crippen molar-refractivity contribution in [2.75, 3.05) is 19.6 Å². The summed E-state index contributed by atoms with van der Waals surface area (Å²) >= 11 is 0. The molecule has 3 aromatic rings. The van der Waals surface area contributed by atoms with E-state index in [1.54, 1.807) is 17.6 Å². The van der Waals surface area contributed by atoms with Gasteiger partial charge >= 0.3 is 0 Å². The molecule has 182 valence electrons. The van der Waals surface area contributed by atoms with Crippen molar-refractivity contribution in [3.8, 4) is 0 Å². The molecule has 0 aliphatic carbocycles. The van der Waals surface area contributed by atoms with Crippen molar-refractivity contribution in [2.45, 2.75) is 53.5 Å². The first-order valence-electron chi connectivity index (χ1n) is 12.2. The monoisotopic (exact) mass is 465 g/mol. The fourth-order valence-electron chi connectivity index (χ4n) is 5.30. The molecule has 1 saturated heterocycles. The molecule has 2 N–H and O–H groups in total. The molecule has 6 heteroatoms. The van der Waals surface area contributed by atoms with Gasteiger partial charge in [-0.15, -0.1) is 0 Å². The highest BCUT2D eigenvalue weighted by Crippen LogP contribution is 2.31. The predicted molar refractivity (Wildman–Crippen MR) is 134 cm³/mol. The van der Waals surface area contributed by atoms with Crippen LogP contribution in [-0.4, -0.2) is 40.2 Å². The molecule has 2 heterocycles. The first kappa shape index (κ1) is 24.4. The van der Waals surface area contributed by atoms with Crippen LogP contribution < -0.4 is 5.48 Å². The number of carbonyl (C=O) groups is 1. The van der Waals surface area contributed by atoms with Crippen LogP contribution in [-0.2, 0) is 13.0 Å². The second kappa shape index (κ2) is 9.88. The average Bonchev–Trinajstić information content (AvgIpc) is 3.06. The third-order valence-corrected chi connectivity index (χ3v) is 6.99. The zero-order valence-corrected chi connectivity index (χ0v) is 20.7. The number of fused-ring (bicyclic) bond motifs is 1. The first-order chi connectivity index (χ1) is 16.2. The zero-order chi connectivity index (χ0) is 24.5. The third kappa shape index (κ3) is 5.34. The molecule has 4 rings (SSSR count). The van der Waals surface area contributed by atoms with E-state index >= 15 is 0 Å². The molecule has 1 fully saturated rings. The highest BCUT2D eigenvalue weighted by atomic mass is 19.1. The Morgan fingerprint density at radius 2 is 1.85 bits per heavy atom. The van der Waals surface area contributed by atoms with Crippen molar-refractivity contribution in [3.05, 3.63) is 70.7 Å². The van der Waals surface area contributed by atoms with Gasteiger partial charge in [-0.05, 0) is 73.5 Å². The summed E-state index contributed by atoms with van der Waals surface area (Å²) in [6.07, 6.45) is 2.84. The lowest BCUT2D eigenvalue weighted by atomic mass is 9.92. The van der Waals surface area contributed by atoms with Gasteiger partial charge in [0, 0.05) is 41.7 Å². The number of aromatic nitrogens is 1. The van der Waals surface area contributed by atoms with Gasteiger partial charge < -0.3 is 9.47 Å². The van der Waals surface area contributed by atoms with Crippen molar-refractivity contribution in [2.24, 2.45) is 11.3 Å². The Balaban J connectivity index is 1.56. The average molecular weight is 466 g/mol. The molecular formula is C28H36FN3O2. The fraction of sp³-hybridized carbons (Fsp3) is 0.464. The summed E-state index contributed by atoms with van der Waals surface area (Å²) in [6.45, 7) is 13.4. The van der Waals surface area contributed by atoms with Crippen molar-refractivity contribution in [3.63, 3.8) is 0 Å². The largest absolute Gasteiger partial charge is 0.344 e. The molecule has 1 aliphatic rings. The Labute approximate surface area is 201 Å². The summed E-state index contributed by atoms with van der Waals surface area (Å²) in [5.74, 6) is -0.526. The molecule has 1 aromatic heterocycles. The number of amides is 1. The molecule has 0 saturated carbocycles. The molecule has 0 atom stereocenters. The summed E-state index contributed by atoms with van der Waals surface area (Å²) in [6, 6.07) is 12.7. The highest BCUT2D eigenvalue weighted by Gasteiger charge is 2.25. The quantitative estimate of drug-likeness (QED) is 0.370. The maximum atomic E-state index is 14.8. The SMILES string of the molecule is Cc1c(Cc2ccc(C(=O)NO)cc2F)c2ccccc2n1CC1CCN(CC(C)(C)C)CC1. The summed E-state index contributed by atoms with van der Waals surface area (Å²) in [4.78, 5) is 14.2. The molecule has 0 unspecified atom stereocenters. The minimum Gasteiger partial charge on any atom is -0.344 e. The van der Waals surface area contributed by atoms with Gasteiger partial charge in [-0.2, -0.15) is 0 Å². The Kier molecular flexibility index (Phi) is 7.10. The standard InChI is InChI=1S/C28H36FN3O2/c1-19-24(15-21-9-10-22(16-25(21)29)27(33)30-34)23-7-5-6-8-26(23)32(19)17-20-11-13-31(14-12-20)18-28(2,3)4/h5-10,16,20,34H,11-15,17-18H2,1-4H3,(H,30,33). The molecule has 1 aliphatic heterocycles. The van der Waals surface area contributed by atoms with E-state index in [0.717, 1.165) is 37.1 Å². The van der Waals surface area contributed by atoms with Gasteiger partial charge in [0.2, 0.25) is 0 Å². The third-order valence-electron chi connectivity index (χ3n) is 6.99. The minimum atomic E-state index is -0.716. The molecule has 2 aromatic carbocycles. The number of piperidine rings is 1. The van der Waals surface area contributed by atoms with Crippen LogP contribution in [0.5, 0.6) is 0 Å². The molecule has 0 spiro atoms. The van der Waals surface area contributed by atoms with E-state index in [0.29, 0.717) is 23.3 Å². The second-order valence-corrected chi connectivity index (χ2v) is 10.9. The number of nitrogens with one attached hydrogen (secondary N) is 1. The Morgan fingerprint density at radius 1 is 1.15 bits per heavy atom. The first-order valence-corrected chi connectivity index (χ1v) is 12.2. The molecule has 34 heavy (non-hydrogen) atoms. The molecular weight excluding hydrogens is 429 g/mol. The number of hydroxylamine groups is 1. The van der Waals surface area contributed by atoms with Gasteiger partial charge in [-0.1, -0.05) is 45.0 Å². The summed E-state index contributed by atoms with van der Waals surface area (Å²) in [5.41, 5.74) is 6.01. The van der Waals surface area contributed by atoms with Crippen molar-refractivity contribution in [1.82, 2.24) is 14.9 Å². The smallest absolute Gasteiger partial charge is 0.274 e. The summed E-state index contributed by atoms with van der Waals surface area (Å²) in [5, 5.41) is 9.97. The molecule has 0 bridgehead atoms. The van der Waals surface area contributed by atoms with E-state index in [-0.39, 0.29) is 5.56 Å². The van der Waals surface area contributed by atoms with Gasteiger partial charge in [0.15, 0.2) is 0 Å². The number of likely N-dealkylation sites (tertiary alicyclic amines) is 1. The normalized spacial score (nSPS) is 15.7. The van der Waals surface area contributed by atoms with Crippen molar-refractivity contribution < 1.29 is 14.4 Å². The Morgan fingerprint density at radius 3 is 2.50 bits per heavy atom. The van der Waals surface area contributed by atoms with Gasteiger partial charge in [-0.3, -0.25) is 10.0 Å². The van der Waals surface area contributed by atoms with Gasteiger partial charge in [0.05, 0.1) is 0 Å². The molecule has 5 nitrogen and oxygen atoms in total. The van der Waals surface area contributed by atoms with Crippen LogP contribution in [0, 0.1) is 24.1 Å². The van der Waals surface area contributed by atoms with E-state index in [2.05, 4.69) is 55.4 Å². The Bertz CT molecular complexity index is 1170. The van der Waals surface area contributed by atoms with Crippen LogP contribution in [0.2, 0.25) is 0 Å². The number of para-hydroxylation sites is 1. The second-order valence-electron chi connectivity index (χ2n) is 10.9. The number of rotatable bonds is 6. The summed E-state index contributed by atoms with van der Waals surface area (Å²) in [7, 11) is 0. The summed E-state index contributed by atoms with van der Waals surface area (Å²) < 4.78 is 17.2. The van der Waals surface area contributed by atoms with Crippen molar-refractivity contribution >= 4 is 16.8 Å². The fourth-order valence-corrected chi connectivity index (χ4v) is 5.30. The van der Waals surface area contributed by atoms with E-state index in [1.807, 2.05) is 6.07 Å². The van der Waals surface area contributed by atoms with E-state index in [9.17, 15) is 9.18 Å². The van der Waals surface area contributed by atoms with Crippen LogP contribution in [0.3, 0.4) is 0 Å². The maximum absolute atomic E-state index is 14.8. The Hall–Kier alpha value is -2.70. The predicted octanol–water partition coefficient (Wildman–Crippen LogP) is 5.56. The lowest BCUT2D eigenvalue weighted by Crippen LogP contribution is -2.39. The number of hydrogen-bond donors (Lipinski definition) is 2. The number of benzene rings is 2. The number of carbonyl (C=O) groups excluding carboxylic acids is 1. The van der Waals surface area contributed by atoms with Crippen LogP contribution in [0.15, 0.2) is 42.5 Å². The van der Waals surface area contributed by atoms with Crippen molar-refractivity contribution in [1.29, 1.82) is 0 Å². The minimum absolute atomic E-state index is 0.0979. The van der Waals surface area contributed by atoms with Gasteiger partial charge in [0.1, 0.15) is 5.82 Å². The number of halogens is 1. The van der Waals surface area contributed by atoms with E-state index < -0.39 is 11.7 Å². The van der Waals surface area contributed by atoms with Crippen LogP contribution in [0.4, 0.5) is 4.39 Å². The van der Waals surface area contributed by atoms with E-state index in [4.69, 9.17) is 5.21 Å². The molecule has 1 amide bonds. The zero-order valence-electron chi connectivity index (χ0n) is 20.7. The van der Waals surface area contributed by atoms with Gasteiger partial charge in [0.25, 0.3) is 5.91 Å². The highest BCUT2D eigenvalue weighted by molar-refractivity contribution is 5.93. The number of nitrogens with zero attached hydrogens (tertiary/aromatic N) is 2.